The van der Waals surface area contributed by atoms with Crippen molar-refractivity contribution in [2.45, 2.75) is 48.4 Å². The molecular weight excluding hydrogens is 579 g/mol. The van der Waals surface area contributed by atoms with E-state index in [-0.39, 0.29) is 34.6 Å². The van der Waals surface area contributed by atoms with Gasteiger partial charge < -0.3 is 19.5 Å². The van der Waals surface area contributed by atoms with E-state index in [0.29, 0.717) is 29.4 Å². The van der Waals surface area contributed by atoms with Crippen molar-refractivity contribution in [1.82, 2.24) is 19.0 Å². The molecule has 1 spiro atoms. The summed E-state index contributed by atoms with van der Waals surface area (Å²) >= 11 is 8.38. The Labute approximate surface area is 248 Å². The zero-order valence-electron chi connectivity index (χ0n) is 21.9. The maximum absolute atomic E-state index is 13.9. The molecule has 1 amide bonds. The van der Waals surface area contributed by atoms with E-state index in [4.69, 9.17) is 21.4 Å². The molecule has 4 unspecified atom stereocenters. The number of piperidine rings is 2. The number of hydrogen-bond donors (Lipinski definition) is 2. The lowest BCUT2D eigenvalue weighted by Crippen LogP contribution is -2.88. The van der Waals surface area contributed by atoms with E-state index in [9.17, 15) is 14.3 Å². The molecule has 2 aliphatic carbocycles. The van der Waals surface area contributed by atoms with Crippen LogP contribution >= 0.6 is 23.5 Å². The Morgan fingerprint density at radius 2 is 2.10 bits per heavy atom. The second-order valence-corrected chi connectivity index (χ2v) is 12.5. The molecule has 8 rings (SSSR count). The summed E-state index contributed by atoms with van der Waals surface area (Å²) in [5.74, 6) is -0.739. The number of amides is 1. The Morgan fingerprint density at radius 3 is 2.83 bits per heavy atom. The van der Waals surface area contributed by atoms with Crippen LogP contribution in [0.2, 0.25) is 5.02 Å². The summed E-state index contributed by atoms with van der Waals surface area (Å²) in [7, 11) is 0. The van der Waals surface area contributed by atoms with E-state index in [1.807, 2.05) is 53.1 Å². The number of nitrogens with one attached hydrogen (secondary N) is 1. The first kappa shape index (κ1) is 25.7. The van der Waals surface area contributed by atoms with Crippen molar-refractivity contribution in [1.29, 1.82) is 5.26 Å². The number of carbonyl (C=O) groups is 1. The van der Waals surface area contributed by atoms with Gasteiger partial charge in [-0.2, -0.15) is 9.65 Å². The topological polar surface area (TPSA) is 120 Å². The number of anilines is 1. The van der Waals surface area contributed by atoms with Gasteiger partial charge in [0.1, 0.15) is 28.8 Å². The number of aliphatic hydroxyl groups is 1. The van der Waals surface area contributed by atoms with Crippen LogP contribution in [0.5, 0.6) is 0 Å². The maximum Gasteiger partial charge on any atom is 0.273 e. The smallest absolute Gasteiger partial charge is 0.273 e. The first-order chi connectivity index (χ1) is 20.3. The largest absolute Gasteiger partial charge is 0.383 e. The van der Waals surface area contributed by atoms with Gasteiger partial charge >= 0.3 is 0 Å². The molecule has 0 bridgehead atoms. The molecule has 9 nitrogen and oxygen atoms in total. The van der Waals surface area contributed by atoms with Crippen LogP contribution in [0, 0.1) is 22.7 Å². The molecule has 0 radical (unpaired) electrons. The summed E-state index contributed by atoms with van der Waals surface area (Å²) in [5.41, 5.74) is 1.19. The summed E-state index contributed by atoms with van der Waals surface area (Å²) in [6.45, 7) is 0.471. The third-order valence-corrected chi connectivity index (χ3v) is 11.0. The molecule has 1 saturated heterocycles. The lowest BCUT2D eigenvalue weighted by atomic mass is 9.36. The van der Waals surface area contributed by atoms with Gasteiger partial charge in [-0.25, -0.2) is 9.29 Å². The number of pyridine rings is 1. The third-order valence-electron chi connectivity index (χ3n) is 9.23. The van der Waals surface area contributed by atoms with Crippen molar-refractivity contribution in [2.24, 2.45) is 5.41 Å². The van der Waals surface area contributed by atoms with Crippen LogP contribution in [0.4, 0.5) is 10.1 Å². The standard InChI is InChI=1S/C30H22ClFN6O3S/c31-25-26(28(39)35-17-11-18(15-33)34-24(32)12-17)37-10-4-7-19(37)27(25)42-38-22-8-9-29(22)23(38)14-30(29,40)21-13-20(41-36-21)16-5-2-1-3-6-16/h1-7,11-13,22-23,40H,8-10,14H2,(H,34,35,39). The van der Waals surface area contributed by atoms with Crippen LogP contribution < -0.4 is 5.32 Å². The lowest BCUT2D eigenvalue weighted by molar-refractivity contribution is -0.349. The van der Waals surface area contributed by atoms with Gasteiger partial charge in [0.2, 0.25) is 5.95 Å². The SMILES string of the molecule is N#Cc1cc(NC(=O)c2c(Cl)c(SN3C4CCC45C3CC5(O)c3cc(-c4ccccc4)on3)c3n2CC=C3)cc(F)n1. The minimum Gasteiger partial charge on any atom is -0.383 e. The van der Waals surface area contributed by atoms with Gasteiger partial charge in [-0.3, -0.25) is 4.79 Å². The Bertz CT molecular complexity index is 1860. The monoisotopic (exact) mass is 600 g/mol. The number of fused-ring (bicyclic) bond motifs is 1. The number of aromatic nitrogens is 3. The zero-order valence-corrected chi connectivity index (χ0v) is 23.5. The van der Waals surface area contributed by atoms with E-state index in [1.54, 1.807) is 6.07 Å². The van der Waals surface area contributed by atoms with Gasteiger partial charge in [0.25, 0.3) is 5.91 Å². The summed E-state index contributed by atoms with van der Waals surface area (Å²) in [6.07, 6.45) is 6.24. The number of rotatable bonds is 6. The highest BCUT2D eigenvalue weighted by Crippen LogP contribution is 2.77. The molecular formula is C30H22ClFN6O3S. The number of hydrogen-bond acceptors (Lipinski definition) is 8. The van der Waals surface area contributed by atoms with Crippen molar-refractivity contribution < 1.29 is 18.8 Å². The summed E-state index contributed by atoms with van der Waals surface area (Å²) < 4.78 is 23.6. The van der Waals surface area contributed by atoms with Crippen LogP contribution in [0.3, 0.4) is 0 Å². The van der Waals surface area contributed by atoms with E-state index >= 15 is 0 Å². The molecule has 4 aromatic rings. The summed E-state index contributed by atoms with van der Waals surface area (Å²) in [6, 6.07) is 16.0. The molecule has 2 aliphatic heterocycles. The lowest BCUT2D eigenvalue weighted by Gasteiger charge is -2.81. The Kier molecular flexibility index (Phi) is 5.53. The van der Waals surface area contributed by atoms with Gasteiger partial charge in [0.05, 0.1) is 15.6 Å². The Balaban J connectivity index is 1.04. The molecule has 1 aromatic carbocycles. The van der Waals surface area contributed by atoms with E-state index < -0.39 is 17.5 Å². The van der Waals surface area contributed by atoms with Crippen molar-refractivity contribution in [3.63, 3.8) is 0 Å². The molecule has 4 atom stereocenters. The number of carbonyl (C=O) groups excluding carboxylic acids is 1. The Hall–Kier alpha value is -3.95. The average molecular weight is 601 g/mol. The predicted octanol–water partition coefficient (Wildman–Crippen LogP) is 5.61. The van der Waals surface area contributed by atoms with E-state index in [0.717, 1.165) is 35.1 Å². The van der Waals surface area contributed by atoms with E-state index in [1.165, 1.54) is 18.0 Å². The third kappa shape index (κ3) is 3.35. The van der Waals surface area contributed by atoms with Gasteiger partial charge in [-0.1, -0.05) is 53.2 Å². The molecule has 3 aromatic heterocycles. The van der Waals surface area contributed by atoms with Crippen LogP contribution in [0.1, 0.15) is 46.8 Å². The van der Waals surface area contributed by atoms with Gasteiger partial charge in [0, 0.05) is 47.4 Å². The number of benzene rings is 1. The van der Waals surface area contributed by atoms with Crippen LogP contribution in [-0.2, 0) is 12.1 Å². The van der Waals surface area contributed by atoms with Crippen molar-refractivity contribution >= 4 is 41.2 Å². The first-order valence-electron chi connectivity index (χ1n) is 13.5. The average Bonchev–Trinajstić information content (AvgIpc) is 3.69. The fraction of sp³-hybridized carbons (Fsp3) is 0.267. The highest BCUT2D eigenvalue weighted by molar-refractivity contribution is 7.97. The fourth-order valence-electron chi connectivity index (χ4n) is 7.17. The Morgan fingerprint density at radius 1 is 1.26 bits per heavy atom. The predicted molar refractivity (Wildman–Crippen MR) is 153 cm³/mol. The minimum absolute atomic E-state index is 0.120. The molecule has 42 heavy (non-hydrogen) atoms. The molecule has 3 fully saturated rings. The molecule has 2 saturated carbocycles. The molecule has 4 aliphatic rings. The maximum atomic E-state index is 13.9. The quantitative estimate of drug-likeness (QED) is 0.216. The molecule has 12 heteroatoms. The molecule has 2 N–H and O–H groups in total. The number of halogens is 2. The zero-order chi connectivity index (χ0) is 28.8. The van der Waals surface area contributed by atoms with Crippen molar-refractivity contribution in [2.75, 3.05) is 5.32 Å². The molecule has 210 valence electrons. The first-order valence-corrected chi connectivity index (χ1v) is 14.7. The van der Waals surface area contributed by atoms with Crippen LogP contribution in [0.25, 0.3) is 17.4 Å². The highest BCUT2D eigenvalue weighted by atomic mass is 35.5. The van der Waals surface area contributed by atoms with Crippen LogP contribution in [0.15, 0.2) is 64.0 Å². The highest BCUT2D eigenvalue weighted by Gasteiger charge is 2.83. The second kappa shape index (κ2) is 9.02. The van der Waals surface area contributed by atoms with Crippen molar-refractivity contribution in [3.8, 4) is 17.4 Å². The van der Waals surface area contributed by atoms with Crippen molar-refractivity contribution in [3.05, 3.63) is 88.4 Å². The fourth-order valence-corrected chi connectivity index (χ4v) is 9.03. The van der Waals surface area contributed by atoms with Gasteiger partial charge in [-0.05, 0) is 43.4 Å². The minimum atomic E-state index is -1.06. The number of nitriles is 1. The van der Waals surface area contributed by atoms with Gasteiger partial charge in [0.15, 0.2) is 5.76 Å². The number of nitrogens with zero attached hydrogens (tertiary/aromatic N) is 5. The summed E-state index contributed by atoms with van der Waals surface area (Å²) in [4.78, 5) is 17.6. The summed E-state index contributed by atoms with van der Waals surface area (Å²) in [5, 5.41) is 28.2. The normalized spacial score (nSPS) is 26.7. The second-order valence-electron chi connectivity index (χ2n) is 11.1. The van der Waals surface area contributed by atoms with Gasteiger partial charge in [-0.15, -0.1) is 0 Å². The number of allylic oxidation sites excluding steroid dienone is 1. The molecule has 5 heterocycles. The van der Waals surface area contributed by atoms with E-state index in [2.05, 4.69) is 19.8 Å². The van der Waals surface area contributed by atoms with Crippen LogP contribution in [-0.4, -0.2) is 42.1 Å².